The summed E-state index contributed by atoms with van der Waals surface area (Å²) in [4.78, 5) is 24.0. The van der Waals surface area contributed by atoms with Gasteiger partial charge in [0.1, 0.15) is 6.04 Å². The van der Waals surface area contributed by atoms with E-state index in [2.05, 4.69) is 10.6 Å². The Kier molecular flexibility index (Phi) is 6.77. The van der Waals surface area contributed by atoms with Crippen molar-refractivity contribution in [2.24, 2.45) is 0 Å². The van der Waals surface area contributed by atoms with E-state index in [1.807, 2.05) is 38.1 Å². The minimum Gasteiger partial charge on any atom is -0.459 e. The van der Waals surface area contributed by atoms with Crippen molar-refractivity contribution >= 4 is 11.8 Å². The molecule has 2 amide bonds. The molecule has 0 spiro atoms. The molecule has 6 nitrogen and oxygen atoms in total. The SMILES string of the molecule is CC(C)OCc1cccc(CNC(=O)[C@@H](C)NC(=O)c2ccco2)c1. The first-order valence-electron chi connectivity index (χ1n) is 8.27. The molecule has 0 aliphatic rings. The average Bonchev–Trinajstić information content (AvgIpc) is 3.13. The molecule has 2 N–H and O–H groups in total. The first-order valence-corrected chi connectivity index (χ1v) is 8.27. The Morgan fingerprint density at radius 1 is 1.12 bits per heavy atom. The van der Waals surface area contributed by atoms with E-state index < -0.39 is 11.9 Å². The predicted molar refractivity (Wildman–Crippen MR) is 93.8 cm³/mol. The Morgan fingerprint density at radius 2 is 1.88 bits per heavy atom. The molecule has 6 heteroatoms. The van der Waals surface area contributed by atoms with Crippen LogP contribution in [0.25, 0.3) is 0 Å². The summed E-state index contributed by atoms with van der Waals surface area (Å²) in [5.74, 6) is -0.498. The van der Waals surface area contributed by atoms with Crippen LogP contribution < -0.4 is 10.6 Å². The summed E-state index contributed by atoms with van der Waals surface area (Å²) in [6.07, 6.45) is 1.58. The lowest BCUT2D eigenvalue weighted by Crippen LogP contribution is -2.44. The summed E-state index contributed by atoms with van der Waals surface area (Å²) < 4.78 is 10.6. The molecule has 0 bridgehead atoms. The number of amides is 2. The van der Waals surface area contributed by atoms with Crippen molar-refractivity contribution in [3.05, 3.63) is 59.5 Å². The number of hydrogen-bond donors (Lipinski definition) is 2. The van der Waals surface area contributed by atoms with Gasteiger partial charge in [-0.05, 0) is 44.0 Å². The maximum atomic E-state index is 12.1. The van der Waals surface area contributed by atoms with Crippen LogP contribution in [0, 0.1) is 0 Å². The zero-order chi connectivity index (χ0) is 18.2. The fourth-order valence-electron chi connectivity index (χ4n) is 2.18. The molecular weight excluding hydrogens is 320 g/mol. The summed E-state index contributed by atoms with van der Waals surface area (Å²) in [6, 6.07) is 10.4. The Labute approximate surface area is 147 Å². The maximum absolute atomic E-state index is 12.1. The van der Waals surface area contributed by atoms with E-state index in [9.17, 15) is 9.59 Å². The van der Waals surface area contributed by atoms with Crippen LogP contribution in [0.4, 0.5) is 0 Å². The Balaban J connectivity index is 1.82. The van der Waals surface area contributed by atoms with Gasteiger partial charge in [-0.1, -0.05) is 24.3 Å². The van der Waals surface area contributed by atoms with Crippen LogP contribution in [0.3, 0.4) is 0 Å². The van der Waals surface area contributed by atoms with Gasteiger partial charge in [-0.2, -0.15) is 0 Å². The minimum atomic E-state index is -0.662. The number of hydrogen-bond acceptors (Lipinski definition) is 4. The highest BCUT2D eigenvalue weighted by molar-refractivity contribution is 5.95. The third-order valence-electron chi connectivity index (χ3n) is 3.53. The largest absolute Gasteiger partial charge is 0.459 e. The van der Waals surface area contributed by atoms with Crippen molar-refractivity contribution in [2.45, 2.75) is 46.1 Å². The number of carbonyl (C=O) groups is 2. The molecular formula is C19H24N2O4. The second-order valence-corrected chi connectivity index (χ2v) is 6.07. The van der Waals surface area contributed by atoms with E-state index >= 15 is 0 Å². The summed E-state index contributed by atoms with van der Waals surface area (Å²) in [7, 11) is 0. The van der Waals surface area contributed by atoms with Crippen molar-refractivity contribution in [2.75, 3.05) is 0 Å². The second-order valence-electron chi connectivity index (χ2n) is 6.07. The quantitative estimate of drug-likeness (QED) is 0.771. The Morgan fingerprint density at radius 3 is 2.56 bits per heavy atom. The van der Waals surface area contributed by atoms with E-state index in [1.165, 1.54) is 6.26 Å². The lowest BCUT2D eigenvalue weighted by atomic mass is 10.1. The number of nitrogens with one attached hydrogen (secondary N) is 2. The smallest absolute Gasteiger partial charge is 0.287 e. The molecule has 134 valence electrons. The van der Waals surface area contributed by atoms with Gasteiger partial charge in [-0.3, -0.25) is 9.59 Å². The summed E-state index contributed by atoms with van der Waals surface area (Å²) in [6.45, 7) is 6.53. The molecule has 0 aliphatic heterocycles. The van der Waals surface area contributed by atoms with Crippen LogP contribution >= 0.6 is 0 Å². The van der Waals surface area contributed by atoms with Crippen molar-refractivity contribution in [1.82, 2.24) is 10.6 Å². The van der Waals surface area contributed by atoms with E-state index in [1.54, 1.807) is 19.1 Å². The number of benzene rings is 1. The van der Waals surface area contributed by atoms with Crippen molar-refractivity contribution in [3.8, 4) is 0 Å². The molecule has 1 aromatic carbocycles. The number of rotatable bonds is 8. The molecule has 1 atom stereocenters. The summed E-state index contributed by atoms with van der Waals surface area (Å²) >= 11 is 0. The monoisotopic (exact) mass is 344 g/mol. The van der Waals surface area contributed by atoms with Crippen molar-refractivity contribution < 1.29 is 18.7 Å². The number of ether oxygens (including phenoxy) is 1. The standard InChI is InChI=1S/C19H24N2O4/c1-13(2)25-12-16-7-4-6-15(10-16)11-20-18(22)14(3)21-19(23)17-8-5-9-24-17/h4-10,13-14H,11-12H2,1-3H3,(H,20,22)(H,21,23)/t14-/m1/s1. The fourth-order valence-corrected chi connectivity index (χ4v) is 2.18. The van der Waals surface area contributed by atoms with Gasteiger partial charge in [0.2, 0.25) is 5.91 Å². The zero-order valence-electron chi connectivity index (χ0n) is 14.7. The van der Waals surface area contributed by atoms with Crippen LogP contribution in [0.2, 0.25) is 0 Å². The summed E-state index contributed by atoms with van der Waals surface area (Å²) in [5.41, 5.74) is 2.03. The Bertz CT molecular complexity index is 695. The summed E-state index contributed by atoms with van der Waals surface area (Å²) in [5, 5.41) is 5.41. The van der Waals surface area contributed by atoms with Crippen LogP contribution in [0.5, 0.6) is 0 Å². The molecule has 1 heterocycles. The third-order valence-corrected chi connectivity index (χ3v) is 3.53. The highest BCUT2D eigenvalue weighted by Gasteiger charge is 2.17. The van der Waals surface area contributed by atoms with Gasteiger partial charge in [0.15, 0.2) is 5.76 Å². The highest BCUT2D eigenvalue weighted by atomic mass is 16.5. The lowest BCUT2D eigenvalue weighted by Gasteiger charge is -2.14. The normalized spacial score (nSPS) is 12.0. The molecule has 0 fully saturated rings. The molecule has 0 saturated carbocycles. The molecule has 0 radical (unpaired) electrons. The van der Waals surface area contributed by atoms with Gasteiger partial charge in [-0.25, -0.2) is 0 Å². The van der Waals surface area contributed by atoms with Gasteiger partial charge >= 0.3 is 0 Å². The fraction of sp³-hybridized carbons (Fsp3) is 0.368. The predicted octanol–water partition coefficient (Wildman–Crippen LogP) is 2.64. The van der Waals surface area contributed by atoms with E-state index in [0.717, 1.165) is 11.1 Å². The van der Waals surface area contributed by atoms with Gasteiger partial charge in [0, 0.05) is 6.54 Å². The zero-order valence-corrected chi connectivity index (χ0v) is 14.7. The maximum Gasteiger partial charge on any atom is 0.287 e. The van der Waals surface area contributed by atoms with E-state index in [0.29, 0.717) is 13.2 Å². The average molecular weight is 344 g/mol. The van der Waals surface area contributed by atoms with Gasteiger partial charge in [-0.15, -0.1) is 0 Å². The Hall–Kier alpha value is -2.60. The van der Waals surface area contributed by atoms with Crippen LogP contribution in [0.1, 0.15) is 42.5 Å². The van der Waals surface area contributed by atoms with Crippen LogP contribution in [-0.4, -0.2) is 24.0 Å². The lowest BCUT2D eigenvalue weighted by molar-refractivity contribution is -0.122. The van der Waals surface area contributed by atoms with Gasteiger partial charge in [0.05, 0.1) is 19.0 Å². The number of carbonyl (C=O) groups excluding carboxylic acids is 2. The first kappa shape index (κ1) is 18.7. The van der Waals surface area contributed by atoms with Gasteiger partial charge in [0.25, 0.3) is 5.91 Å². The molecule has 25 heavy (non-hydrogen) atoms. The second kappa shape index (κ2) is 9.03. The molecule has 2 rings (SSSR count). The molecule has 1 aromatic heterocycles. The van der Waals surface area contributed by atoms with E-state index in [4.69, 9.17) is 9.15 Å². The molecule has 2 aromatic rings. The third kappa shape index (κ3) is 6.08. The molecule has 0 aliphatic carbocycles. The van der Waals surface area contributed by atoms with Crippen LogP contribution in [-0.2, 0) is 22.7 Å². The molecule has 0 unspecified atom stereocenters. The van der Waals surface area contributed by atoms with Crippen molar-refractivity contribution in [3.63, 3.8) is 0 Å². The highest BCUT2D eigenvalue weighted by Crippen LogP contribution is 2.08. The van der Waals surface area contributed by atoms with Crippen molar-refractivity contribution in [1.29, 1.82) is 0 Å². The van der Waals surface area contributed by atoms with Crippen LogP contribution in [0.15, 0.2) is 47.1 Å². The minimum absolute atomic E-state index is 0.169. The molecule has 0 saturated heterocycles. The topological polar surface area (TPSA) is 80.6 Å². The first-order chi connectivity index (χ1) is 12.0. The van der Waals surface area contributed by atoms with Gasteiger partial charge < -0.3 is 19.8 Å². The number of furan rings is 1. The van der Waals surface area contributed by atoms with E-state index in [-0.39, 0.29) is 17.8 Å².